The molecule has 0 amide bonds. The summed E-state index contributed by atoms with van der Waals surface area (Å²) < 4.78 is 4.48. The van der Waals surface area contributed by atoms with E-state index in [2.05, 4.69) is 84.9 Å². The van der Waals surface area contributed by atoms with Crippen molar-refractivity contribution in [2.45, 2.75) is 23.3 Å². The van der Waals surface area contributed by atoms with E-state index in [1.165, 1.54) is 23.8 Å². The molecule has 1 fully saturated rings. The van der Waals surface area contributed by atoms with Crippen LogP contribution in [0.5, 0.6) is 0 Å². The van der Waals surface area contributed by atoms with Crippen LogP contribution in [-0.4, -0.2) is 12.5 Å². The van der Waals surface area contributed by atoms with Gasteiger partial charge in [0.1, 0.15) is 0 Å². The number of benzene rings is 2. The molecule has 4 rings (SSSR count). The van der Waals surface area contributed by atoms with E-state index in [0.29, 0.717) is 10.5 Å². The average molecular weight is 447 g/mol. The van der Waals surface area contributed by atoms with Crippen LogP contribution < -0.4 is 0 Å². The molecule has 0 nitrogen and oxygen atoms in total. The second-order valence-corrected chi connectivity index (χ2v) is 12.3. The van der Waals surface area contributed by atoms with Gasteiger partial charge in [-0.3, -0.25) is 0 Å². The summed E-state index contributed by atoms with van der Waals surface area (Å²) in [4.78, 5) is 0. The smallest absolute Gasteiger partial charge is 0.0657 e. The molecule has 2 heterocycles. The van der Waals surface area contributed by atoms with Crippen molar-refractivity contribution >= 4 is 58.8 Å². The summed E-state index contributed by atoms with van der Waals surface area (Å²) in [5.74, 6) is 0. The molecule has 0 radical (unpaired) electrons. The normalized spacial score (nSPS) is 23.2. The van der Waals surface area contributed by atoms with Crippen molar-refractivity contribution in [3.63, 3.8) is 0 Å². The average Bonchev–Trinajstić information content (AvgIpc) is 3.18. The van der Waals surface area contributed by atoms with E-state index in [4.69, 9.17) is 0 Å². The fourth-order valence-corrected chi connectivity index (χ4v) is 10.1. The van der Waals surface area contributed by atoms with E-state index in [9.17, 15) is 0 Å². The topological polar surface area (TPSA) is 0 Å². The van der Waals surface area contributed by atoms with Crippen molar-refractivity contribution in [1.82, 2.24) is 0 Å². The Morgan fingerprint density at radius 2 is 1.15 bits per heavy atom. The maximum atomic E-state index is 2.29. The van der Waals surface area contributed by atoms with Crippen molar-refractivity contribution in [2.75, 3.05) is 12.5 Å². The first kappa shape index (κ1) is 20.0. The van der Waals surface area contributed by atoms with Gasteiger partial charge in [0, 0.05) is 10.5 Å². The summed E-state index contributed by atoms with van der Waals surface area (Å²) in [7, 11) is 0. The highest BCUT2D eigenvalue weighted by molar-refractivity contribution is 8.40. The van der Waals surface area contributed by atoms with Gasteiger partial charge < -0.3 is 0 Å². The molecule has 27 heavy (non-hydrogen) atoms. The Bertz CT molecular complexity index is 774. The first-order chi connectivity index (χ1) is 13.3. The molecule has 2 aromatic rings. The lowest BCUT2D eigenvalue weighted by Crippen LogP contribution is -2.10. The Balaban J connectivity index is 1.66. The van der Waals surface area contributed by atoms with Crippen LogP contribution in [0.25, 0.3) is 0 Å². The molecule has 140 valence electrons. The van der Waals surface area contributed by atoms with Crippen LogP contribution in [0.2, 0.25) is 0 Å². The van der Waals surface area contributed by atoms with Gasteiger partial charge in [0.05, 0.1) is 12.7 Å². The van der Waals surface area contributed by atoms with E-state index in [1.54, 1.807) is 5.57 Å². The molecule has 0 bridgehead atoms. The molecule has 2 aliphatic heterocycles. The minimum Gasteiger partial charge on any atom is -0.145 e. The number of rotatable bonds is 4. The van der Waals surface area contributed by atoms with Crippen LogP contribution in [0.1, 0.15) is 34.5 Å². The van der Waals surface area contributed by atoms with E-state index in [1.807, 2.05) is 47.0 Å². The summed E-state index contributed by atoms with van der Waals surface area (Å²) in [5.41, 5.74) is 4.55. The van der Waals surface area contributed by atoms with Crippen molar-refractivity contribution in [2.24, 2.45) is 0 Å². The first-order valence-corrected chi connectivity index (χ1v) is 14.0. The lowest BCUT2D eigenvalue weighted by atomic mass is 9.98. The predicted octanol–water partition coefficient (Wildman–Crippen LogP) is 8.54. The first-order valence-electron chi connectivity index (χ1n) is 8.93. The molecule has 0 spiro atoms. The number of allylic oxidation sites excluding steroid dienone is 1. The molecule has 2 aromatic carbocycles. The second-order valence-electron chi connectivity index (χ2n) is 6.42. The molecule has 1 saturated heterocycles. The zero-order chi connectivity index (χ0) is 18.6. The van der Waals surface area contributed by atoms with Gasteiger partial charge in [-0.2, -0.15) is 0 Å². The molecule has 0 saturated carbocycles. The highest BCUT2D eigenvalue weighted by atomic mass is 32.3. The van der Waals surface area contributed by atoms with Gasteiger partial charge in [-0.25, -0.2) is 0 Å². The molecule has 0 N–H and O–H groups in total. The standard InChI is InChI=1S/C22H22S5/c1-23-21-22(24-2)27-20(26-21)17-13-18(15-9-5-3-6-10-15)25-19(14-17)16-11-7-4-8-12-16/h3-12,18-19H,13-14H2,1-2H3. The highest BCUT2D eigenvalue weighted by Crippen LogP contribution is 2.61. The second kappa shape index (κ2) is 9.45. The van der Waals surface area contributed by atoms with E-state index < -0.39 is 0 Å². The third kappa shape index (κ3) is 4.64. The minimum absolute atomic E-state index is 0.532. The summed E-state index contributed by atoms with van der Waals surface area (Å²) in [6.07, 6.45) is 6.72. The molecule has 0 aromatic heterocycles. The Hall–Kier alpha value is -0.330. The third-order valence-corrected chi connectivity index (χ3v) is 11.7. The van der Waals surface area contributed by atoms with Gasteiger partial charge in [0.25, 0.3) is 0 Å². The zero-order valence-electron chi connectivity index (χ0n) is 15.4. The fourth-order valence-electron chi connectivity index (χ4n) is 3.39. The molecule has 5 heteroatoms. The van der Waals surface area contributed by atoms with Gasteiger partial charge in [-0.05, 0) is 42.1 Å². The van der Waals surface area contributed by atoms with Crippen molar-refractivity contribution < 1.29 is 0 Å². The highest BCUT2D eigenvalue weighted by Gasteiger charge is 2.32. The number of thioether (sulfide) groups is 5. The summed E-state index contributed by atoms with van der Waals surface area (Å²) in [6.45, 7) is 0. The lowest BCUT2D eigenvalue weighted by molar-refractivity contribution is 0.769. The number of hydrogen-bond donors (Lipinski definition) is 0. The van der Waals surface area contributed by atoms with Crippen LogP contribution >= 0.6 is 58.8 Å². The van der Waals surface area contributed by atoms with Crippen LogP contribution in [0, 0.1) is 0 Å². The Kier molecular flexibility index (Phi) is 6.98. The maximum absolute atomic E-state index is 2.29. The van der Waals surface area contributed by atoms with Crippen molar-refractivity contribution in [3.8, 4) is 0 Å². The summed E-state index contributed by atoms with van der Waals surface area (Å²) in [6, 6.07) is 22.1. The summed E-state index contributed by atoms with van der Waals surface area (Å²) in [5, 5.41) is 1.06. The largest absolute Gasteiger partial charge is 0.145 e. The minimum atomic E-state index is 0.532. The van der Waals surface area contributed by atoms with Gasteiger partial charge in [-0.15, -0.1) is 35.3 Å². The molecule has 0 aliphatic carbocycles. The van der Waals surface area contributed by atoms with E-state index in [-0.39, 0.29) is 0 Å². The van der Waals surface area contributed by atoms with Crippen LogP contribution in [0.4, 0.5) is 0 Å². The molecule has 2 unspecified atom stereocenters. The Labute approximate surface area is 183 Å². The Morgan fingerprint density at radius 3 is 1.56 bits per heavy atom. The van der Waals surface area contributed by atoms with E-state index in [0.717, 1.165) is 12.8 Å². The lowest BCUT2D eigenvalue weighted by Gasteiger charge is -2.32. The zero-order valence-corrected chi connectivity index (χ0v) is 19.5. The quantitative estimate of drug-likeness (QED) is 0.460. The summed E-state index contributed by atoms with van der Waals surface area (Å²) >= 11 is 9.91. The fraction of sp³-hybridized carbons (Fsp3) is 0.273. The predicted molar refractivity (Wildman–Crippen MR) is 131 cm³/mol. The molecular weight excluding hydrogens is 425 g/mol. The van der Waals surface area contributed by atoms with Gasteiger partial charge in [-0.1, -0.05) is 84.2 Å². The third-order valence-electron chi connectivity index (χ3n) is 4.73. The van der Waals surface area contributed by atoms with Crippen LogP contribution in [0.15, 0.2) is 78.9 Å². The van der Waals surface area contributed by atoms with Gasteiger partial charge in [0.15, 0.2) is 0 Å². The molecule has 2 atom stereocenters. The van der Waals surface area contributed by atoms with Gasteiger partial charge in [0.2, 0.25) is 0 Å². The van der Waals surface area contributed by atoms with Crippen molar-refractivity contribution in [3.05, 3.63) is 90.1 Å². The maximum Gasteiger partial charge on any atom is 0.0657 e. The van der Waals surface area contributed by atoms with Gasteiger partial charge >= 0.3 is 0 Å². The molecular formula is C22H22S5. The Morgan fingerprint density at radius 1 is 0.704 bits per heavy atom. The monoisotopic (exact) mass is 446 g/mol. The molecule has 2 aliphatic rings. The number of hydrogen-bond acceptors (Lipinski definition) is 5. The SMILES string of the molecule is CSC1=C(SC)SC(=C2CC(c3ccccc3)SC(c3ccccc3)C2)S1. The van der Waals surface area contributed by atoms with Crippen LogP contribution in [-0.2, 0) is 0 Å². The van der Waals surface area contributed by atoms with E-state index >= 15 is 0 Å². The van der Waals surface area contributed by atoms with Crippen molar-refractivity contribution in [1.29, 1.82) is 0 Å². The van der Waals surface area contributed by atoms with Crippen LogP contribution in [0.3, 0.4) is 0 Å².